The molecule has 47 heavy (non-hydrogen) atoms. The van der Waals surface area contributed by atoms with Crippen molar-refractivity contribution in [1.29, 1.82) is 5.26 Å². The van der Waals surface area contributed by atoms with E-state index in [0.717, 1.165) is 5.57 Å². The number of amides is 1. The van der Waals surface area contributed by atoms with Crippen LogP contribution in [0.1, 0.15) is 40.2 Å². The van der Waals surface area contributed by atoms with Gasteiger partial charge in [-0.25, -0.2) is 13.8 Å². The minimum absolute atomic E-state index is 0.0244. The Hall–Kier alpha value is -4.11. The molecule has 0 radical (unpaired) electrons. The number of nitrogens with zero attached hydrogens (tertiary/aromatic N) is 5. The number of allylic oxidation sites excluding steroid dienone is 2. The molecular weight excluding hydrogens is 671 g/mol. The largest absolute Gasteiger partial charge is 0.394 e. The first-order valence-electron chi connectivity index (χ1n) is 14.8. The number of piperazine rings is 1. The fraction of sp³-hybridized carbons (Fsp3) is 0.333. The van der Waals surface area contributed by atoms with Gasteiger partial charge in [-0.3, -0.25) is 14.2 Å². The lowest BCUT2D eigenvalue weighted by Crippen LogP contribution is -2.58. The number of carbonyl (C=O) groups excluding carboxylic acids is 1. The van der Waals surface area contributed by atoms with Gasteiger partial charge in [0.1, 0.15) is 23.0 Å². The van der Waals surface area contributed by atoms with E-state index in [1.54, 1.807) is 17.2 Å². The summed E-state index contributed by atoms with van der Waals surface area (Å²) in [6.45, 7) is 13.6. The van der Waals surface area contributed by atoms with Crippen LogP contribution < -0.4 is 21.5 Å². The summed E-state index contributed by atoms with van der Waals surface area (Å²) in [4.78, 5) is 35.5. The van der Waals surface area contributed by atoms with Crippen molar-refractivity contribution in [3.8, 4) is 17.3 Å². The zero-order valence-corrected chi connectivity index (χ0v) is 28.5. The quantitative estimate of drug-likeness (QED) is 0.131. The van der Waals surface area contributed by atoms with Gasteiger partial charge in [-0.05, 0) is 56.7 Å². The summed E-state index contributed by atoms with van der Waals surface area (Å²) in [5.41, 5.74) is 4.86. The first-order valence-corrected chi connectivity index (χ1v) is 15.9. The molecule has 0 bridgehead atoms. The lowest BCUT2D eigenvalue weighted by atomic mass is 9.94. The molecule has 1 unspecified atom stereocenters. The number of nitriles is 1. The van der Waals surface area contributed by atoms with Crippen LogP contribution in [0, 0.1) is 28.9 Å². The first kappa shape index (κ1) is 34.2. The molecule has 3 atom stereocenters. The summed E-state index contributed by atoms with van der Waals surface area (Å²) in [5, 5.41) is 12.9. The summed E-state index contributed by atoms with van der Waals surface area (Å²) < 4.78 is 31.5. The van der Waals surface area contributed by atoms with Crippen LogP contribution in [0.4, 0.5) is 20.2 Å². The number of dihydropyridines is 1. The number of nitrogens with one attached hydrogen (secondary N) is 1. The molecule has 1 fully saturated rings. The zero-order chi connectivity index (χ0) is 34.6. The van der Waals surface area contributed by atoms with Gasteiger partial charge in [0.2, 0.25) is 5.91 Å². The number of aromatic nitrogens is 2. The minimum Gasteiger partial charge on any atom is -0.394 e. The van der Waals surface area contributed by atoms with Gasteiger partial charge < -0.3 is 20.9 Å². The molecule has 0 spiro atoms. The number of nitrogens with two attached hydrogens (primary N) is 1. The highest BCUT2D eigenvalue weighted by molar-refractivity contribution is 6.44. The number of hydrogen-bond acceptors (Lipinski definition) is 7. The van der Waals surface area contributed by atoms with Gasteiger partial charge in [0, 0.05) is 30.6 Å². The van der Waals surface area contributed by atoms with Crippen molar-refractivity contribution >= 4 is 68.8 Å². The highest BCUT2D eigenvalue weighted by Crippen LogP contribution is 2.44. The minimum atomic E-state index is -1.23. The van der Waals surface area contributed by atoms with Crippen molar-refractivity contribution in [3.63, 3.8) is 0 Å². The smallest absolute Gasteiger partial charge is 0.276 e. The SMILES string of the molecule is C=CC(=O)N1[C@H](C)CN(c2c(C#N)c(=O)n(C3=C(C)C=CNC3C(C)C)c3nc(-c4c(F)c(N)c(F)c(Cl)c4Cl)c(Cl)cc23)C[C@@H]1C. The van der Waals surface area contributed by atoms with Crippen LogP contribution in [0.25, 0.3) is 28.0 Å². The molecule has 14 heteroatoms. The van der Waals surface area contributed by atoms with E-state index in [1.807, 2.05) is 39.5 Å². The molecule has 2 aliphatic heterocycles. The number of hydrogen-bond donors (Lipinski definition) is 2. The number of carbonyl (C=O) groups is 1. The van der Waals surface area contributed by atoms with E-state index >= 15 is 4.39 Å². The second-order valence-electron chi connectivity index (χ2n) is 12.1. The number of nitrogen functional groups attached to an aromatic ring is 1. The lowest BCUT2D eigenvalue weighted by molar-refractivity contribution is -0.130. The highest BCUT2D eigenvalue weighted by atomic mass is 35.5. The number of rotatable bonds is 5. The van der Waals surface area contributed by atoms with Crippen molar-refractivity contribution in [3.05, 3.63) is 79.2 Å². The normalized spacial score (nSPS) is 19.7. The van der Waals surface area contributed by atoms with Gasteiger partial charge >= 0.3 is 0 Å². The van der Waals surface area contributed by atoms with Gasteiger partial charge in [-0.2, -0.15) is 5.26 Å². The van der Waals surface area contributed by atoms with Crippen molar-refractivity contribution in [2.45, 2.75) is 52.7 Å². The maximum absolute atomic E-state index is 15.6. The van der Waals surface area contributed by atoms with E-state index in [4.69, 9.17) is 45.5 Å². The number of fused-ring (bicyclic) bond motifs is 1. The van der Waals surface area contributed by atoms with E-state index in [-0.39, 0.29) is 70.7 Å². The third-order valence-corrected chi connectivity index (χ3v) is 9.72. The Balaban J connectivity index is 1.92. The highest BCUT2D eigenvalue weighted by Gasteiger charge is 2.36. The van der Waals surface area contributed by atoms with E-state index in [0.29, 0.717) is 11.1 Å². The maximum atomic E-state index is 15.6. The van der Waals surface area contributed by atoms with E-state index < -0.39 is 38.5 Å². The van der Waals surface area contributed by atoms with Crippen molar-refractivity contribution in [1.82, 2.24) is 19.8 Å². The molecule has 2 aliphatic rings. The molecule has 0 aliphatic carbocycles. The maximum Gasteiger partial charge on any atom is 0.276 e. The third kappa shape index (κ3) is 5.52. The average Bonchev–Trinajstić information content (AvgIpc) is 3.02. The predicted molar refractivity (Wildman–Crippen MR) is 183 cm³/mol. The van der Waals surface area contributed by atoms with Crippen LogP contribution in [0.2, 0.25) is 15.1 Å². The lowest BCUT2D eigenvalue weighted by Gasteiger charge is -2.45. The van der Waals surface area contributed by atoms with Gasteiger partial charge in [-0.1, -0.05) is 55.2 Å². The van der Waals surface area contributed by atoms with Crippen LogP contribution in [0.3, 0.4) is 0 Å². The van der Waals surface area contributed by atoms with Crippen LogP contribution in [-0.2, 0) is 4.79 Å². The molecule has 3 N–H and O–H groups in total. The third-order valence-electron chi connectivity index (χ3n) is 8.60. The first-order chi connectivity index (χ1) is 22.2. The fourth-order valence-corrected chi connectivity index (χ4v) is 7.21. The van der Waals surface area contributed by atoms with Crippen LogP contribution in [0.5, 0.6) is 0 Å². The van der Waals surface area contributed by atoms with Crippen molar-refractivity contribution < 1.29 is 13.6 Å². The van der Waals surface area contributed by atoms with Gasteiger partial charge in [0.15, 0.2) is 11.6 Å². The second-order valence-corrected chi connectivity index (χ2v) is 13.2. The number of benzene rings is 1. The summed E-state index contributed by atoms with van der Waals surface area (Å²) in [6, 6.07) is 2.55. The Morgan fingerprint density at radius 3 is 2.40 bits per heavy atom. The van der Waals surface area contributed by atoms with E-state index in [2.05, 4.69) is 18.0 Å². The Kier molecular flexibility index (Phi) is 9.34. The molecule has 1 amide bonds. The average molecular weight is 703 g/mol. The molecule has 1 aromatic carbocycles. The topological polar surface area (TPSA) is 120 Å². The Bertz CT molecular complexity index is 1980. The van der Waals surface area contributed by atoms with Gasteiger partial charge in [0.05, 0.1) is 43.8 Å². The Morgan fingerprint density at radius 1 is 1.19 bits per heavy atom. The summed E-state index contributed by atoms with van der Waals surface area (Å²) in [5.74, 6) is -2.72. The van der Waals surface area contributed by atoms with E-state index in [9.17, 15) is 19.2 Å². The van der Waals surface area contributed by atoms with Crippen LogP contribution in [0.15, 0.2) is 41.4 Å². The molecule has 3 aromatic rings. The predicted octanol–water partition coefficient (Wildman–Crippen LogP) is 6.74. The molecule has 4 heterocycles. The van der Waals surface area contributed by atoms with Crippen molar-refractivity contribution in [2.75, 3.05) is 23.7 Å². The monoisotopic (exact) mass is 701 g/mol. The molecular formula is C33H32Cl3F2N7O2. The Labute approximate surface area is 285 Å². The number of anilines is 2. The summed E-state index contributed by atoms with van der Waals surface area (Å²) in [7, 11) is 0. The fourth-order valence-electron chi connectivity index (χ4n) is 6.51. The van der Waals surface area contributed by atoms with Crippen LogP contribution in [-0.4, -0.2) is 51.6 Å². The van der Waals surface area contributed by atoms with Gasteiger partial charge in [-0.15, -0.1) is 0 Å². The second kappa shape index (κ2) is 12.8. The van der Waals surface area contributed by atoms with Crippen molar-refractivity contribution in [2.24, 2.45) is 5.92 Å². The summed E-state index contributed by atoms with van der Waals surface area (Å²) >= 11 is 19.3. The van der Waals surface area contributed by atoms with Crippen LogP contribution >= 0.6 is 34.8 Å². The standard InChI is InChI=1S/C33H32Cl3F2N7O2/c1-7-21(46)44-16(5)12-43(13-17(44)6)31-18-10-20(34)29(22-23(35)24(36)26(38)27(40)25(22)37)42-32(18)45(33(47)19(31)11-39)30-15(4)8-9-41-28(30)14(2)3/h7-10,14,16-17,28,41H,1,12-13,40H2,2-6H3/t16-,17+,28?. The summed E-state index contributed by atoms with van der Waals surface area (Å²) in [6.07, 6.45) is 4.81. The zero-order valence-electron chi connectivity index (χ0n) is 26.3. The number of halogens is 5. The molecule has 9 nitrogen and oxygen atoms in total. The van der Waals surface area contributed by atoms with Gasteiger partial charge in [0.25, 0.3) is 5.56 Å². The molecule has 246 valence electrons. The molecule has 5 rings (SSSR count). The van der Waals surface area contributed by atoms with E-state index in [1.165, 1.54) is 16.7 Å². The molecule has 2 aromatic heterocycles. The molecule has 0 saturated carbocycles. The Morgan fingerprint density at radius 2 is 1.83 bits per heavy atom. The molecule has 1 saturated heterocycles. The number of pyridine rings is 2.